The van der Waals surface area contributed by atoms with Crippen LogP contribution in [0.15, 0.2) is 18.3 Å². The molecule has 1 aromatic rings. The van der Waals surface area contributed by atoms with Crippen LogP contribution in [0, 0.1) is 6.92 Å². The topological polar surface area (TPSA) is 36.4 Å². The summed E-state index contributed by atoms with van der Waals surface area (Å²) in [5.74, 6) is 0. The molecular weight excluding hydrogens is 236 g/mol. The lowest BCUT2D eigenvalue weighted by atomic mass is 9.90. The summed E-state index contributed by atoms with van der Waals surface area (Å²) >= 11 is 0. The first-order valence-electron chi connectivity index (χ1n) is 7.37. The average molecular weight is 262 g/mol. The smallest absolute Gasteiger partial charge is 0.0983 e. The molecule has 0 aromatic carbocycles. The second-order valence-corrected chi connectivity index (χ2v) is 6.19. The molecule has 1 aromatic heterocycles. The highest BCUT2D eigenvalue weighted by molar-refractivity contribution is 5.19. The summed E-state index contributed by atoms with van der Waals surface area (Å²) in [7, 11) is 0. The molecule has 1 unspecified atom stereocenters. The number of pyridine rings is 1. The van der Waals surface area contributed by atoms with Gasteiger partial charge in [-0.3, -0.25) is 9.88 Å². The highest BCUT2D eigenvalue weighted by Gasteiger charge is 2.35. The molecule has 106 valence electrons. The first kappa shape index (κ1) is 14.5. The third kappa shape index (κ3) is 3.34. The molecule has 3 nitrogen and oxygen atoms in total. The van der Waals surface area contributed by atoms with Crippen molar-refractivity contribution in [1.82, 2.24) is 9.88 Å². The van der Waals surface area contributed by atoms with Gasteiger partial charge in [0.1, 0.15) is 0 Å². The zero-order valence-electron chi connectivity index (χ0n) is 12.4. The molecule has 1 fully saturated rings. The highest BCUT2D eigenvalue weighted by Crippen LogP contribution is 2.32. The van der Waals surface area contributed by atoms with Crippen LogP contribution in [0.1, 0.15) is 56.9 Å². The summed E-state index contributed by atoms with van der Waals surface area (Å²) in [6.45, 7) is 8.43. The maximum absolute atomic E-state index is 10.7. The van der Waals surface area contributed by atoms with Gasteiger partial charge in [0.05, 0.1) is 6.10 Å². The molecule has 1 N–H and O–H groups in total. The van der Waals surface area contributed by atoms with Crippen molar-refractivity contribution in [3.63, 3.8) is 0 Å². The van der Waals surface area contributed by atoms with Gasteiger partial charge in [-0.1, -0.05) is 18.9 Å². The molecule has 0 aliphatic carbocycles. The van der Waals surface area contributed by atoms with E-state index in [1.54, 1.807) is 6.20 Å². The number of nitrogens with zero attached hydrogens (tertiary/aromatic N) is 2. The van der Waals surface area contributed by atoms with Gasteiger partial charge in [-0.2, -0.15) is 0 Å². The van der Waals surface area contributed by atoms with Gasteiger partial charge in [0.25, 0.3) is 0 Å². The molecule has 1 aliphatic rings. The number of aryl methyl sites for hydroxylation is 1. The van der Waals surface area contributed by atoms with E-state index in [4.69, 9.17) is 0 Å². The lowest BCUT2D eigenvalue weighted by molar-refractivity contribution is -0.0102. The van der Waals surface area contributed by atoms with Crippen LogP contribution in [-0.2, 0) is 0 Å². The first-order valence-corrected chi connectivity index (χ1v) is 7.37. The van der Waals surface area contributed by atoms with Gasteiger partial charge in [-0.15, -0.1) is 0 Å². The molecular formula is C16H26N2O. The largest absolute Gasteiger partial charge is 0.386 e. The number of aliphatic hydroxyl groups excluding tert-OH is 1. The van der Waals surface area contributed by atoms with Gasteiger partial charge in [-0.05, 0) is 52.8 Å². The summed E-state index contributed by atoms with van der Waals surface area (Å²) in [5.41, 5.74) is 1.67. The predicted octanol–water partition coefficient (Wildman–Crippen LogP) is 3.08. The van der Waals surface area contributed by atoms with Crippen molar-refractivity contribution in [2.75, 3.05) is 13.1 Å². The summed E-state index contributed by atoms with van der Waals surface area (Å²) in [4.78, 5) is 6.73. The summed E-state index contributed by atoms with van der Waals surface area (Å²) in [6, 6.07) is 3.96. The van der Waals surface area contributed by atoms with Crippen molar-refractivity contribution in [3.05, 3.63) is 29.6 Å². The van der Waals surface area contributed by atoms with E-state index in [2.05, 4.69) is 23.7 Å². The van der Waals surface area contributed by atoms with E-state index in [-0.39, 0.29) is 5.54 Å². The molecule has 19 heavy (non-hydrogen) atoms. The molecule has 0 amide bonds. The molecule has 0 spiro atoms. The lowest BCUT2D eigenvalue weighted by Crippen LogP contribution is -2.48. The molecule has 2 heterocycles. The third-order valence-electron chi connectivity index (χ3n) is 4.34. The van der Waals surface area contributed by atoms with Gasteiger partial charge < -0.3 is 5.11 Å². The second-order valence-electron chi connectivity index (χ2n) is 6.19. The summed E-state index contributed by atoms with van der Waals surface area (Å²) in [5, 5.41) is 10.7. The number of hydrogen-bond acceptors (Lipinski definition) is 3. The Morgan fingerprint density at radius 3 is 2.32 bits per heavy atom. The van der Waals surface area contributed by atoms with Crippen LogP contribution in [0.4, 0.5) is 0 Å². The Morgan fingerprint density at radius 2 is 1.79 bits per heavy atom. The van der Waals surface area contributed by atoms with E-state index in [1.165, 1.54) is 25.7 Å². The molecule has 0 bridgehead atoms. The maximum Gasteiger partial charge on any atom is 0.0983 e. The average Bonchev–Trinajstić information content (AvgIpc) is 2.68. The van der Waals surface area contributed by atoms with Crippen LogP contribution in [0.2, 0.25) is 0 Å². The van der Waals surface area contributed by atoms with Crippen LogP contribution in [-0.4, -0.2) is 33.6 Å². The first-order chi connectivity index (χ1) is 9.01. The Balaban J connectivity index is 2.14. The molecule has 0 saturated carbocycles. The van der Waals surface area contributed by atoms with Gasteiger partial charge in [0.2, 0.25) is 0 Å². The van der Waals surface area contributed by atoms with Crippen LogP contribution < -0.4 is 0 Å². The number of aliphatic hydroxyl groups is 1. The fourth-order valence-corrected chi connectivity index (χ4v) is 2.87. The van der Waals surface area contributed by atoms with Gasteiger partial charge in [0.15, 0.2) is 0 Å². The van der Waals surface area contributed by atoms with Crippen molar-refractivity contribution < 1.29 is 5.11 Å². The zero-order valence-corrected chi connectivity index (χ0v) is 12.4. The van der Waals surface area contributed by atoms with Crippen LogP contribution in [0.5, 0.6) is 0 Å². The van der Waals surface area contributed by atoms with E-state index >= 15 is 0 Å². The van der Waals surface area contributed by atoms with Gasteiger partial charge in [0, 0.05) is 23.0 Å². The molecule has 3 heteroatoms. The van der Waals surface area contributed by atoms with E-state index < -0.39 is 6.10 Å². The van der Waals surface area contributed by atoms with Crippen LogP contribution in [0.3, 0.4) is 0 Å². The van der Waals surface area contributed by atoms with Gasteiger partial charge >= 0.3 is 0 Å². The highest BCUT2D eigenvalue weighted by atomic mass is 16.3. The van der Waals surface area contributed by atoms with Crippen molar-refractivity contribution in [2.24, 2.45) is 0 Å². The quantitative estimate of drug-likeness (QED) is 0.909. The minimum absolute atomic E-state index is 0.235. The Bertz CT molecular complexity index is 392. The molecule has 1 atom stereocenters. The maximum atomic E-state index is 10.7. The minimum Gasteiger partial charge on any atom is -0.386 e. The number of aromatic nitrogens is 1. The van der Waals surface area contributed by atoms with Crippen LogP contribution in [0.25, 0.3) is 0 Å². The predicted molar refractivity (Wildman–Crippen MR) is 78.1 cm³/mol. The van der Waals surface area contributed by atoms with E-state index in [0.29, 0.717) is 0 Å². The third-order valence-corrected chi connectivity index (χ3v) is 4.34. The second kappa shape index (κ2) is 6.02. The van der Waals surface area contributed by atoms with Crippen molar-refractivity contribution >= 4 is 0 Å². The Labute approximate surface area is 116 Å². The number of likely N-dealkylation sites (tertiary alicyclic amines) is 1. The lowest BCUT2D eigenvalue weighted by Gasteiger charge is -2.41. The summed E-state index contributed by atoms with van der Waals surface area (Å²) < 4.78 is 0. The van der Waals surface area contributed by atoms with E-state index in [9.17, 15) is 5.11 Å². The fourth-order valence-electron chi connectivity index (χ4n) is 2.87. The Kier molecular flexibility index (Phi) is 4.58. The molecule has 0 radical (unpaired) electrons. The summed E-state index contributed by atoms with van der Waals surface area (Å²) in [6.07, 6.45) is 6.42. The normalized spacial score (nSPS) is 20.0. The standard InChI is InChI=1S/C16H26N2O/c1-13-8-9-14(12-17-13)15(19)16(2,3)18-10-6-4-5-7-11-18/h8-9,12,15,19H,4-7,10-11H2,1-3H3. The molecule has 1 aliphatic heterocycles. The monoisotopic (exact) mass is 262 g/mol. The van der Waals surface area contributed by atoms with Crippen molar-refractivity contribution in [2.45, 2.75) is 58.1 Å². The zero-order chi connectivity index (χ0) is 13.9. The van der Waals surface area contributed by atoms with Crippen LogP contribution >= 0.6 is 0 Å². The molecule has 1 saturated heterocycles. The SMILES string of the molecule is Cc1ccc(C(O)C(C)(C)N2CCCCCC2)cn1. The van der Waals surface area contributed by atoms with E-state index in [0.717, 1.165) is 24.3 Å². The van der Waals surface area contributed by atoms with Crippen molar-refractivity contribution in [3.8, 4) is 0 Å². The number of rotatable bonds is 3. The number of hydrogen-bond donors (Lipinski definition) is 1. The Hall–Kier alpha value is -0.930. The minimum atomic E-state index is -0.487. The molecule has 2 rings (SSSR count). The van der Waals surface area contributed by atoms with Gasteiger partial charge in [-0.25, -0.2) is 0 Å². The Morgan fingerprint density at radius 1 is 1.16 bits per heavy atom. The fraction of sp³-hybridized carbons (Fsp3) is 0.688. The van der Waals surface area contributed by atoms with E-state index in [1.807, 2.05) is 19.1 Å². The van der Waals surface area contributed by atoms with Crippen molar-refractivity contribution in [1.29, 1.82) is 0 Å².